The fraction of sp³-hybridized carbons (Fsp3) is 0.450. The van der Waals surface area contributed by atoms with Crippen LogP contribution in [0.2, 0.25) is 5.02 Å². The molecule has 1 aromatic carbocycles. The molecule has 28 heavy (non-hydrogen) atoms. The molecule has 0 bridgehead atoms. The van der Waals surface area contributed by atoms with Gasteiger partial charge in [-0.05, 0) is 50.1 Å². The van der Waals surface area contributed by atoms with E-state index in [4.69, 9.17) is 25.5 Å². The van der Waals surface area contributed by atoms with Crippen molar-refractivity contribution < 1.29 is 19.0 Å². The van der Waals surface area contributed by atoms with Crippen LogP contribution in [0.5, 0.6) is 11.5 Å². The number of halogens is 1. The zero-order valence-electron chi connectivity index (χ0n) is 16.1. The molecule has 8 heteroatoms. The minimum absolute atomic E-state index is 0.172. The highest BCUT2D eigenvalue weighted by atomic mass is 35.5. The van der Waals surface area contributed by atoms with Gasteiger partial charge in [0, 0.05) is 13.1 Å². The van der Waals surface area contributed by atoms with Gasteiger partial charge in [0.25, 0.3) is 0 Å². The summed E-state index contributed by atoms with van der Waals surface area (Å²) < 4.78 is 16.5. The van der Waals surface area contributed by atoms with Gasteiger partial charge in [-0.2, -0.15) is 0 Å². The van der Waals surface area contributed by atoms with Crippen LogP contribution in [0.15, 0.2) is 39.9 Å². The molecule has 0 radical (unpaired) electrons. The maximum absolute atomic E-state index is 10.5. The Labute approximate surface area is 169 Å². The molecule has 0 amide bonds. The summed E-state index contributed by atoms with van der Waals surface area (Å²) in [7, 11) is 0. The van der Waals surface area contributed by atoms with E-state index in [0.717, 1.165) is 12.0 Å². The molecular formula is C20H26ClN3O4. The van der Waals surface area contributed by atoms with E-state index >= 15 is 0 Å². The molecule has 0 saturated heterocycles. The Morgan fingerprint density at radius 3 is 2.86 bits per heavy atom. The number of ether oxygens (including phenoxy) is 2. The Balaban J connectivity index is 1.58. The fourth-order valence-electron chi connectivity index (χ4n) is 2.87. The molecule has 1 unspecified atom stereocenters. The fourth-order valence-corrected chi connectivity index (χ4v) is 3.16. The summed E-state index contributed by atoms with van der Waals surface area (Å²) in [5.74, 6) is 2.40. The number of aliphatic hydroxyl groups is 1. The lowest BCUT2D eigenvalue weighted by molar-refractivity contribution is 0.0437. The summed E-state index contributed by atoms with van der Waals surface area (Å²) in [4.78, 5) is 4.47. The van der Waals surface area contributed by atoms with Gasteiger partial charge in [0.2, 0.25) is 0 Å². The second-order valence-corrected chi connectivity index (χ2v) is 7.13. The summed E-state index contributed by atoms with van der Waals surface area (Å²) in [5, 5.41) is 17.5. The summed E-state index contributed by atoms with van der Waals surface area (Å²) >= 11 is 6.29. The standard InChI is InChI=1S/C20H26ClN3O4/c1-3-22-19(24-13-20(2,25)17-5-4-8-27-17)23-7-6-14-11-15(21)18-16(12-14)26-9-10-28-18/h4-5,8,11-12,25H,3,6-7,9-10,13H2,1-2H3,(H2,22,23,24). The minimum atomic E-state index is -1.17. The molecule has 0 spiro atoms. The summed E-state index contributed by atoms with van der Waals surface area (Å²) in [6.07, 6.45) is 2.27. The first kappa shape index (κ1) is 20.4. The third-order valence-electron chi connectivity index (χ3n) is 4.30. The molecule has 0 aliphatic carbocycles. The van der Waals surface area contributed by atoms with Crippen LogP contribution in [-0.4, -0.2) is 43.9 Å². The van der Waals surface area contributed by atoms with E-state index in [1.165, 1.54) is 6.26 Å². The van der Waals surface area contributed by atoms with Gasteiger partial charge in [-0.25, -0.2) is 4.99 Å². The first-order valence-corrected chi connectivity index (χ1v) is 9.74. The van der Waals surface area contributed by atoms with Crippen molar-refractivity contribution in [2.75, 3.05) is 32.8 Å². The number of furan rings is 1. The highest BCUT2D eigenvalue weighted by Gasteiger charge is 2.26. The second-order valence-electron chi connectivity index (χ2n) is 6.72. The Kier molecular flexibility index (Phi) is 6.70. The van der Waals surface area contributed by atoms with E-state index in [-0.39, 0.29) is 6.54 Å². The molecule has 0 saturated carbocycles. The van der Waals surface area contributed by atoms with Crippen molar-refractivity contribution in [3.05, 3.63) is 46.9 Å². The molecule has 0 fully saturated rings. The van der Waals surface area contributed by atoms with Crippen LogP contribution in [0.25, 0.3) is 0 Å². The zero-order chi connectivity index (χ0) is 20.0. The maximum atomic E-state index is 10.5. The molecule has 3 rings (SSSR count). The van der Waals surface area contributed by atoms with Gasteiger partial charge in [0.15, 0.2) is 17.5 Å². The predicted molar refractivity (Wildman–Crippen MR) is 108 cm³/mol. The van der Waals surface area contributed by atoms with Gasteiger partial charge in [0.05, 0.1) is 17.8 Å². The van der Waals surface area contributed by atoms with Gasteiger partial charge < -0.3 is 29.6 Å². The number of benzene rings is 1. The van der Waals surface area contributed by atoms with Crippen LogP contribution >= 0.6 is 11.6 Å². The van der Waals surface area contributed by atoms with Gasteiger partial charge in [-0.15, -0.1) is 0 Å². The molecule has 152 valence electrons. The summed E-state index contributed by atoms with van der Waals surface area (Å²) in [6, 6.07) is 7.33. The van der Waals surface area contributed by atoms with Crippen molar-refractivity contribution in [2.45, 2.75) is 25.9 Å². The number of nitrogens with zero attached hydrogens (tertiary/aromatic N) is 1. The number of aliphatic imine (C=N–C) groups is 1. The van der Waals surface area contributed by atoms with E-state index in [2.05, 4.69) is 15.6 Å². The van der Waals surface area contributed by atoms with E-state index in [1.54, 1.807) is 19.1 Å². The van der Waals surface area contributed by atoms with Crippen LogP contribution in [0.1, 0.15) is 25.2 Å². The van der Waals surface area contributed by atoms with E-state index < -0.39 is 5.60 Å². The topological polar surface area (TPSA) is 88.3 Å². The summed E-state index contributed by atoms with van der Waals surface area (Å²) in [6.45, 7) is 6.23. The van der Waals surface area contributed by atoms with Gasteiger partial charge >= 0.3 is 0 Å². The van der Waals surface area contributed by atoms with Gasteiger partial charge in [-0.3, -0.25) is 0 Å². The SMILES string of the molecule is CCNC(=NCC(C)(O)c1ccco1)NCCc1cc(Cl)c2c(c1)OCCO2. The van der Waals surface area contributed by atoms with Crippen molar-refractivity contribution >= 4 is 17.6 Å². The molecule has 1 atom stereocenters. The number of rotatable bonds is 7. The van der Waals surface area contributed by atoms with Gasteiger partial charge in [0.1, 0.15) is 24.6 Å². The van der Waals surface area contributed by atoms with Gasteiger partial charge in [-0.1, -0.05) is 11.6 Å². The normalized spacial score (nSPS) is 15.8. The Hall–Kier alpha value is -2.38. The van der Waals surface area contributed by atoms with Crippen molar-refractivity contribution in [3.63, 3.8) is 0 Å². The second kappa shape index (κ2) is 9.21. The molecule has 3 N–H and O–H groups in total. The quantitative estimate of drug-likeness (QED) is 0.483. The molecule has 1 aliphatic rings. The Bertz CT molecular complexity index is 806. The lowest BCUT2D eigenvalue weighted by atomic mass is 10.0. The largest absolute Gasteiger partial charge is 0.486 e. The number of fused-ring (bicyclic) bond motifs is 1. The number of hydrogen-bond donors (Lipinski definition) is 3. The predicted octanol–water partition coefficient (Wildman–Crippen LogP) is 2.71. The van der Waals surface area contributed by atoms with Crippen LogP contribution in [0.4, 0.5) is 0 Å². The van der Waals surface area contributed by atoms with E-state index in [1.807, 2.05) is 19.1 Å². The molecule has 1 aliphatic heterocycles. The third-order valence-corrected chi connectivity index (χ3v) is 4.58. The monoisotopic (exact) mass is 407 g/mol. The summed E-state index contributed by atoms with van der Waals surface area (Å²) in [5.41, 5.74) is -0.130. The smallest absolute Gasteiger partial charge is 0.191 e. The Morgan fingerprint density at radius 2 is 2.11 bits per heavy atom. The third kappa shape index (κ3) is 5.11. The molecule has 1 aromatic heterocycles. The van der Waals surface area contributed by atoms with E-state index in [9.17, 15) is 5.11 Å². The maximum Gasteiger partial charge on any atom is 0.191 e. The Morgan fingerprint density at radius 1 is 1.29 bits per heavy atom. The molecule has 2 heterocycles. The van der Waals surface area contributed by atoms with Crippen molar-refractivity contribution in [2.24, 2.45) is 4.99 Å². The van der Waals surface area contributed by atoms with Crippen LogP contribution in [0, 0.1) is 0 Å². The number of hydrogen-bond acceptors (Lipinski definition) is 5. The highest BCUT2D eigenvalue weighted by molar-refractivity contribution is 6.32. The first-order valence-electron chi connectivity index (χ1n) is 9.36. The van der Waals surface area contributed by atoms with Crippen molar-refractivity contribution in [3.8, 4) is 11.5 Å². The first-order chi connectivity index (χ1) is 13.5. The molecule has 7 nitrogen and oxygen atoms in total. The molecule has 2 aromatic rings. The number of guanidine groups is 1. The van der Waals surface area contributed by atoms with Crippen molar-refractivity contribution in [1.82, 2.24) is 10.6 Å². The lowest BCUT2D eigenvalue weighted by Gasteiger charge is -2.21. The minimum Gasteiger partial charge on any atom is -0.486 e. The van der Waals surface area contributed by atoms with Crippen LogP contribution in [0.3, 0.4) is 0 Å². The van der Waals surface area contributed by atoms with Crippen LogP contribution < -0.4 is 20.1 Å². The number of nitrogens with one attached hydrogen (secondary N) is 2. The van der Waals surface area contributed by atoms with E-state index in [0.29, 0.717) is 54.5 Å². The van der Waals surface area contributed by atoms with Crippen LogP contribution in [-0.2, 0) is 12.0 Å². The average Bonchev–Trinajstić information content (AvgIpc) is 3.22. The van der Waals surface area contributed by atoms with Crippen molar-refractivity contribution in [1.29, 1.82) is 0 Å². The zero-order valence-corrected chi connectivity index (χ0v) is 16.9. The average molecular weight is 408 g/mol. The highest BCUT2D eigenvalue weighted by Crippen LogP contribution is 2.38. The molecular weight excluding hydrogens is 382 g/mol. The lowest BCUT2D eigenvalue weighted by Crippen LogP contribution is -2.39.